The van der Waals surface area contributed by atoms with E-state index >= 15 is 0 Å². The van der Waals surface area contributed by atoms with Crippen LogP contribution in [-0.2, 0) is 6.54 Å². The van der Waals surface area contributed by atoms with Crippen LogP contribution in [-0.4, -0.2) is 26.7 Å². The molecule has 122 valence electrons. The third-order valence-corrected chi connectivity index (χ3v) is 2.93. The largest absolute Gasteiger partial charge is 0.493 e. The Balaban J connectivity index is 0.00000441. The van der Waals surface area contributed by atoms with Gasteiger partial charge in [0.05, 0.1) is 20.8 Å². The maximum absolute atomic E-state index is 5.81. The van der Waals surface area contributed by atoms with Crippen molar-refractivity contribution in [3.05, 3.63) is 23.8 Å². The topological polar surface area (TPSA) is 68.9 Å². The molecule has 22 heavy (non-hydrogen) atoms. The first-order valence-electron chi connectivity index (χ1n) is 6.89. The number of hydrogen-bond acceptors (Lipinski definition) is 3. The number of rotatable bonds is 8. The molecule has 1 aromatic rings. The number of nitrogens with zero attached hydrogens (tertiary/aromatic N) is 1. The summed E-state index contributed by atoms with van der Waals surface area (Å²) >= 11 is 0. The van der Waals surface area contributed by atoms with Crippen molar-refractivity contribution in [1.82, 2.24) is 5.32 Å². The molecule has 0 saturated heterocycles. The fraction of sp³-hybridized carbons (Fsp3) is 0.438. The Morgan fingerprint density at radius 3 is 2.64 bits per heavy atom. The molecule has 0 amide bonds. The minimum atomic E-state index is 0. The summed E-state index contributed by atoms with van der Waals surface area (Å²) in [4.78, 5) is 4.29. The Hall–Kier alpha value is -1.62. The van der Waals surface area contributed by atoms with Crippen LogP contribution in [0.5, 0.6) is 11.5 Å². The molecule has 0 aliphatic heterocycles. The molecule has 3 N–H and O–H groups in total. The molecule has 1 aromatic carbocycles. The van der Waals surface area contributed by atoms with Crippen LogP contribution in [0.2, 0.25) is 0 Å². The number of aliphatic imine (C=N–C) groups is 1. The number of nitrogens with two attached hydrogens (primary N) is 1. The highest BCUT2D eigenvalue weighted by Crippen LogP contribution is 2.27. The average molecular weight is 417 g/mol. The number of ether oxygens (including phenoxy) is 2. The Kier molecular flexibility index (Phi) is 11.1. The van der Waals surface area contributed by atoms with Gasteiger partial charge in [0, 0.05) is 13.0 Å². The zero-order valence-corrected chi connectivity index (χ0v) is 15.4. The molecular weight excluding hydrogens is 393 g/mol. The van der Waals surface area contributed by atoms with Crippen LogP contribution in [0.4, 0.5) is 0 Å². The van der Waals surface area contributed by atoms with E-state index in [9.17, 15) is 0 Å². The van der Waals surface area contributed by atoms with Crippen molar-refractivity contribution in [3.8, 4) is 23.8 Å². The lowest BCUT2D eigenvalue weighted by Gasteiger charge is -2.09. The van der Waals surface area contributed by atoms with Crippen LogP contribution in [0.25, 0.3) is 0 Å². The number of guanidine groups is 1. The molecule has 0 radical (unpaired) electrons. The van der Waals surface area contributed by atoms with Gasteiger partial charge in [0.25, 0.3) is 0 Å². The molecule has 0 saturated carbocycles. The van der Waals surface area contributed by atoms with E-state index in [0.717, 1.165) is 31.4 Å². The van der Waals surface area contributed by atoms with Gasteiger partial charge in [-0.3, -0.25) is 0 Å². The fourth-order valence-corrected chi connectivity index (χ4v) is 1.78. The molecule has 5 nitrogen and oxygen atoms in total. The van der Waals surface area contributed by atoms with Gasteiger partial charge in [0.2, 0.25) is 0 Å². The van der Waals surface area contributed by atoms with Crippen molar-refractivity contribution in [2.45, 2.75) is 25.8 Å². The summed E-state index contributed by atoms with van der Waals surface area (Å²) in [5, 5.41) is 3.07. The standard InChI is InChI=1S/C16H23N3O2.HI/c1-4-5-6-7-10-18-16(17)19-12-13-8-9-14(20-2)15(11-13)21-3;/h1,8-9,11H,5-7,10,12H2,2-3H3,(H3,17,18,19);1H. The van der Waals surface area contributed by atoms with Crippen LogP contribution >= 0.6 is 24.0 Å². The van der Waals surface area contributed by atoms with E-state index in [4.69, 9.17) is 21.6 Å². The lowest BCUT2D eigenvalue weighted by Crippen LogP contribution is -2.32. The van der Waals surface area contributed by atoms with Gasteiger partial charge in [-0.2, -0.15) is 0 Å². The van der Waals surface area contributed by atoms with Crippen molar-refractivity contribution in [3.63, 3.8) is 0 Å². The molecule has 0 aromatic heterocycles. The molecule has 0 aliphatic rings. The van der Waals surface area contributed by atoms with Gasteiger partial charge in [0.15, 0.2) is 17.5 Å². The van der Waals surface area contributed by atoms with Gasteiger partial charge in [-0.25, -0.2) is 4.99 Å². The number of nitrogens with one attached hydrogen (secondary N) is 1. The van der Waals surface area contributed by atoms with Crippen molar-refractivity contribution in [1.29, 1.82) is 0 Å². The maximum Gasteiger partial charge on any atom is 0.188 e. The van der Waals surface area contributed by atoms with E-state index in [0.29, 0.717) is 24.0 Å². The molecule has 0 bridgehead atoms. The number of methoxy groups -OCH3 is 2. The summed E-state index contributed by atoms with van der Waals surface area (Å²) in [5.74, 6) is 4.43. The van der Waals surface area contributed by atoms with Gasteiger partial charge in [0.1, 0.15) is 0 Å². The van der Waals surface area contributed by atoms with E-state index in [-0.39, 0.29) is 24.0 Å². The van der Waals surface area contributed by atoms with Gasteiger partial charge in [-0.1, -0.05) is 6.07 Å². The number of terminal acetylenes is 1. The van der Waals surface area contributed by atoms with E-state index in [1.807, 2.05) is 18.2 Å². The molecule has 6 heteroatoms. The third kappa shape index (κ3) is 7.41. The zero-order valence-electron chi connectivity index (χ0n) is 13.1. The summed E-state index contributed by atoms with van der Waals surface area (Å²) < 4.78 is 10.4. The van der Waals surface area contributed by atoms with Crippen molar-refractivity contribution in [2.75, 3.05) is 20.8 Å². The summed E-state index contributed by atoms with van der Waals surface area (Å²) in [6, 6.07) is 5.68. The highest BCUT2D eigenvalue weighted by atomic mass is 127. The van der Waals surface area contributed by atoms with Crippen LogP contribution < -0.4 is 20.5 Å². The quantitative estimate of drug-likeness (QED) is 0.224. The van der Waals surface area contributed by atoms with Crippen LogP contribution in [0.1, 0.15) is 24.8 Å². The summed E-state index contributed by atoms with van der Waals surface area (Å²) in [5.41, 5.74) is 6.81. The molecule has 0 unspecified atom stereocenters. The van der Waals surface area contributed by atoms with Gasteiger partial charge < -0.3 is 20.5 Å². The van der Waals surface area contributed by atoms with Crippen molar-refractivity contribution < 1.29 is 9.47 Å². The lowest BCUT2D eigenvalue weighted by atomic mass is 10.2. The fourth-order valence-electron chi connectivity index (χ4n) is 1.78. The van der Waals surface area contributed by atoms with Gasteiger partial charge in [-0.15, -0.1) is 36.3 Å². The second kappa shape index (κ2) is 12.0. The normalized spacial score (nSPS) is 10.3. The van der Waals surface area contributed by atoms with E-state index in [1.165, 1.54) is 0 Å². The lowest BCUT2D eigenvalue weighted by molar-refractivity contribution is 0.354. The predicted octanol–water partition coefficient (Wildman–Crippen LogP) is 2.53. The number of benzene rings is 1. The average Bonchev–Trinajstić information content (AvgIpc) is 2.52. The summed E-state index contributed by atoms with van der Waals surface area (Å²) in [6.07, 6.45) is 7.96. The van der Waals surface area contributed by atoms with Crippen molar-refractivity contribution in [2.24, 2.45) is 10.7 Å². The maximum atomic E-state index is 5.81. The second-order valence-corrected chi connectivity index (χ2v) is 4.48. The molecule has 0 spiro atoms. The smallest absolute Gasteiger partial charge is 0.188 e. The number of halogens is 1. The first-order valence-corrected chi connectivity index (χ1v) is 6.89. The highest BCUT2D eigenvalue weighted by molar-refractivity contribution is 14.0. The SMILES string of the molecule is C#CCCCCNC(N)=NCc1ccc(OC)c(OC)c1.I. The monoisotopic (exact) mass is 417 g/mol. The minimum Gasteiger partial charge on any atom is -0.493 e. The Bertz CT molecular complexity index is 513. The molecule has 0 fully saturated rings. The highest BCUT2D eigenvalue weighted by Gasteiger charge is 2.04. The molecule has 0 aliphatic carbocycles. The zero-order chi connectivity index (χ0) is 15.5. The van der Waals surface area contributed by atoms with E-state index < -0.39 is 0 Å². The Morgan fingerprint density at radius 2 is 2.00 bits per heavy atom. The van der Waals surface area contributed by atoms with Gasteiger partial charge >= 0.3 is 0 Å². The van der Waals surface area contributed by atoms with Gasteiger partial charge in [-0.05, 0) is 30.5 Å². The minimum absolute atomic E-state index is 0. The predicted molar refractivity (Wildman–Crippen MR) is 101 cm³/mol. The van der Waals surface area contributed by atoms with Crippen LogP contribution in [0.3, 0.4) is 0 Å². The first-order chi connectivity index (χ1) is 10.2. The van der Waals surface area contributed by atoms with E-state index in [2.05, 4.69) is 16.2 Å². The Morgan fingerprint density at radius 1 is 1.27 bits per heavy atom. The molecule has 0 atom stereocenters. The molecule has 0 heterocycles. The molecule has 1 rings (SSSR count). The van der Waals surface area contributed by atoms with Crippen LogP contribution in [0, 0.1) is 12.3 Å². The molecular formula is C16H24IN3O2. The van der Waals surface area contributed by atoms with Crippen LogP contribution in [0.15, 0.2) is 23.2 Å². The summed E-state index contributed by atoms with van der Waals surface area (Å²) in [7, 11) is 3.22. The first kappa shape index (κ1) is 20.4. The summed E-state index contributed by atoms with van der Waals surface area (Å²) in [6.45, 7) is 1.27. The van der Waals surface area contributed by atoms with E-state index in [1.54, 1.807) is 14.2 Å². The number of unbranched alkanes of at least 4 members (excludes halogenated alkanes) is 2. The van der Waals surface area contributed by atoms with Crippen molar-refractivity contribution >= 4 is 29.9 Å². The number of hydrogen-bond donors (Lipinski definition) is 2. The second-order valence-electron chi connectivity index (χ2n) is 4.48. The third-order valence-electron chi connectivity index (χ3n) is 2.93. The Labute approximate surface area is 149 Å².